The molecule has 0 radical (unpaired) electrons. The Morgan fingerprint density at radius 2 is 1.95 bits per heavy atom. The first kappa shape index (κ1) is 12.7. The van der Waals surface area contributed by atoms with Crippen LogP contribution in [0.5, 0.6) is 0 Å². The number of halogens is 1. The monoisotopic (exact) mass is 275 g/mol. The average Bonchev–Trinajstić information content (AvgIpc) is 2.70. The number of anilines is 1. The van der Waals surface area contributed by atoms with Crippen LogP contribution in [-0.4, -0.2) is 16.0 Å². The Kier molecular flexibility index (Phi) is 3.31. The number of aromatic nitrogens is 2. The largest absolute Gasteiger partial charge is 0.366 e. The highest BCUT2D eigenvalue weighted by Gasteiger charge is 2.30. The third-order valence-corrected chi connectivity index (χ3v) is 4.53. The Bertz CT molecular complexity index is 599. The molecule has 0 saturated heterocycles. The van der Waals surface area contributed by atoms with Crippen molar-refractivity contribution in [3.63, 3.8) is 0 Å². The minimum atomic E-state index is 0.305. The molecule has 1 aliphatic rings. The minimum absolute atomic E-state index is 0.305. The summed E-state index contributed by atoms with van der Waals surface area (Å²) in [5.41, 5.74) is 0.892. The van der Waals surface area contributed by atoms with Gasteiger partial charge in [0.2, 0.25) is 5.28 Å². The molecule has 1 aromatic heterocycles. The first-order valence-electron chi connectivity index (χ1n) is 6.84. The smallest absolute Gasteiger partial charge is 0.224 e. The van der Waals surface area contributed by atoms with E-state index in [4.69, 9.17) is 11.6 Å². The van der Waals surface area contributed by atoms with Crippen LogP contribution in [0.15, 0.2) is 24.3 Å². The molecule has 3 atom stereocenters. The molecule has 100 valence electrons. The molecule has 1 aliphatic carbocycles. The predicted octanol–water partition coefficient (Wildman–Crippen LogP) is 4.13. The lowest BCUT2D eigenvalue weighted by molar-refractivity contribution is 0.435. The second-order valence-corrected chi connectivity index (χ2v) is 5.86. The summed E-state index contributed by atoms with van der Waals surface area (Å²) >= 11 is 6.01. The molecule has 1 heterocycles. The minimum Gasteiger partial charge on any atom is -0.366 e. The number of nitrogens with one attached hydrogen (secondary N) is 1. The van der Waals surface area contributed by atoms with Crippen molar-refractivity contribution in [2.45, 2.75) is 32.7 Å². The summed E-state index contributed by atoms with van der Waals surface area (Å²) in [6.07, 6.45) is 2.47. The molecule has 0 bridgehead atoms. The van der Waals surface area contributed by atoms with Gasteiger partial charge in [-0.25, -0.2) is 9.97 Å². The van der Waals surface area contributed by atoms with Crippen LogP contribution >= 0.6 is 11.6 Å². The van der Waals surface area contributed by atoms with Gasteiger partial charge in [0.15, 0.2) is 0 Å². The molecular formula is C15H18ClN3. The van der Waals surface area contributed by atoms with Crippen LogP contribution in [0, 0.1) is 11.8 Å². The van der Waals surface area contributed by atoms with E-state index in [0.717, 1.165) is 22.6 Å². The second kappa shape index (κ2) is 4.97. The first-order valence-corrected chi connectivity index (χ1v) is 7.22. The van der Waals surface area contributed by atoms with E-state index >= 15 is 0 Å². The van der Waals surface area contributed by atoms with E-state index in [2.05, 4.69) is 29.1 Å². The van der Waals surface area contributed by atoms with Crippen molar-refractivity contribution in [1.29, 1.82) is 0 Å². The van der Waals surface area contributed by atoms with E-state index in [0.29, 0.717) is 17.2 Å². The lowest BCUT2D eigenvalue weighted by Gasteiger charge is -2.21. The van der Waals surface area contributed by atoms with Crippen molar-refractivity contribution in [2.24, 2.45) is 11.8 Å². The van der Waals surface area contributed by atoms with E-state index in [1.807, 2.05) is 24.3 Å². The third kappa shape index (κ3) is 2.39. The lowest BCUT2D eigenvalue weighted by atomic mass is 9.98. The Hall–Kier alpha value is -1.35. The molecule has 2 aromatic rings. The van der Waals surface area contributed by atoms with E-state index in [1.54, 1.807) is 0 Å². The maximum Gasteiger partial charge on any atom is 0.224 e. The number of nitrogens with zero attached hydrogens (tertiary/aromatic N) is 2. The summed E-state index contributed by atoms with van der Waals surface area (Å²) in [5.74, 6) is 2.29. The van der Waals surface area contributed by atoms with Gasteiger partial charge in [0, 0.05) is 11.4 Å². The van der Waals surface area contributed by atoms with E-state index < -0.39 is 0 Å². The highest BCUT2D eigenvalue weighted by Crippen LogP contribution is 2.34. The molecule has 4 heteroatoms. The van der Waals surface area contributed by atoms with Gasteiger partial charge in [-0.1, -0.05) is 26.0 Å². The van der Waals surface area contributed by atoms with Gasteiger partial charge in [-0.3, -0.25) is 0 Å². The fourth-order valence-electron chi connectivity index (χ4n) is 2.90. The highest BCUT2D eigenvalue weighted by molar-refractivity contribution is 6.28. The molecule has 3 unspecified atom stereocenters. The number of fused-ring (bicyclic) bond motifs is 1. The standard InChI is InChI=1S/C15H18ClN3/c1-9-7-8-12(10(9)2)17-14-11-5-3-4-6-13(11)18-15(16)19-14/h3-6,9-10,12H,7-8H2,1-2H3,(H,17,18,19). The lowest BCUT2D eigenvalue weighted by Crippen LogP contribution is -2.24. The zero-order valence-corrected chi connectivity index (χ0v) is 12.0. The van der Waals surface area contributed by atoms with Crippen molar-refractivity contribution in [1.82, 2.24) is 9.97 Å². The zero-order chi connectivity index (χ0) is 13.4. The Balaban J connectivity index is 1.96. The molecule has 1 fully saturated rings. The summed E-state index contributed by atoms with van der Waals surface area (Å²) in [5, 5.41) is 4.92. The van der Waals surface area contributed by atoms with E-state index in [9.17, 15) is 0 Å². The number of hydrogen-bond acceptors (Lipinski definition) is 3. The zero-order valence-electron chi connectivity index (χ0n) is 11.2. The topological polar surface area (TPSA) is 37.8 Å². The highest BCUT2D eigenvalue weighted by atomic mass is 35.5. The maximum atomic E-state index is 6.01. The Labute approximate surface area is 118 Å². The molecule has 1 saturated carbocycles. The number of benzene rings is 1. The average molecular weight is 276 g/mol. The molecule has 0 amide bonds. The summed E-state index contributed by atoms with van der Waals surface area (Å²) in [7, 11) is 0. The van der Waals surface area contributed by atoms with Crippen molar-refractivity contribution in [3.05, 3.63) is 29.5 Å². The molecule has 1 aromatic carbocycles. The van der Waals surface area contributed by atoms with Crippen molar-refractivity contribution >= 4 is 28.3 Å². The fourth-order valence-corrected chi connectivity index (χ4v) is 3.08. The molecule has 0 spiro atoms. The SMILES string of the molecule is CC1CCC(Nc2nc(Cl)nc3ccccc23)C1C. The molecular weight excluding hydrogens is 258 g/mol. The third-order valence-electron chi connectivity index (χ3n) is 4.36. The number of para-hydroxylation sites is 1. The van der Waals surface area contributed by atoms with Gasteiger partial charge in [0.1, 0.15) is 5.82 Å². The van der Waals surface area contributed by atoms with Gasteiger partial charge in [0.05, 0.1) is 5.52 Å². The van der Waals surface area contributed by atoms with Gasteiger partial charge < -0.3 is 5.32 Å². The molecule has 1 N–H and O–H groups in total. The van der Waals surface area contributed by atoms with Crippen molar-refractivity contribution in [3.8, 4) is 0 Å². The molecule has 3 rings (SSSR count). The van der Waals surface area contributed by atoms with Crippen molar-refractivity contribution in [2.75, 3.05) is 5.32 Å². The van der Waals surface area contributed by atoms with Crippen LogP contribution in [0.4, 0.5) is 5.82 Å². The first-order chi connectivity index (χ1) is 9.15. The van der Waals surface area contributed by atoms with E-state index in [-0.39, 0.29) is 0 Å². The summed E-state index contributed by atoms with van der Waals surface area (Å²) in [6.45, 7) is 4.62. The van der Waals surface area contributed by atoms with Gasteiger partial charge in [-0.15, -0.1) is 0 Å². The second-order valence-electron chi connectivity index (χ2n) is 5.52. The molecule has 3 nitrogen and oxygen atoms in total. The normalized spacial score (nSPS) is 26.8. The van der Waals surface area contributed by atoms with Gasteiger partial charge in [-0.2, -0.15) is 0 Å². The van der Waals surface area contributed by atoms with E-state index in [1.165, 1.54) is 12.8 Å². The quantitative estimate of drug-likeness (QED) is 0.838. The number of rotatable bonds is 2. The summed E-state index contributed by atoms with van der Waals surface area (Å²) in [4.78, 5) is 8.63. The van der Waals surface area contributed by atoms with Crippen LogP contribution in [0.1, 0.15) is 26.7 Å². The molecule has 0 aliphatic heterocycles. The maximum absolute atomic E-state index is 6.01. The predicted molar refractivity (Wildman–Crippen MR) is 79.5 cm³/mol. The van der Waals surface area contributed by atoms with Crippen LogP contribution in [0.3, 0.4) is 0 Å². The van der Waals surface area contributed by atoms with Crippen molar-refractivity contribution < 1.29 is 0 Å². The van der Waals surface area contributed by atoms with Crippen LogP contribution in [0.25, 0.3) is 10.9 Å². The summed E-state index contributed by atoms with van der Waals surface area (Å²) < 4.78 is 0. The Morgan fingerprint density at radius 1 is 1.16 bits per heavy atom. The Morgan fingerprint density at radius 3 is 2.68 bits per heavy atom. The summed E-state index contributed by atoms with van der Waals surface area (Å²) in [6, 6.07) is 8.46. The van der Waals surface area contributed by atoms with Crippen LogP contribution < -0.4 is 5.32 Å². The number of hydrogen-bond donors (Lipinski definition) is 1. The van der Waals surface area contributed by atoms with Gasteiger partial charge in [-0.05, 0) is 48.4 Å². The van der Waals surface area contributed by atoms with Gasteiger partial charge in [0.25, 0.3) is 0 Å². The molecule has 19 heavy (non-hydrogen) atoms. The van der Waals surface area contributed by atoms with Crippen LogP contribution in [0.2, 0.25) is 5.28 Å². The van der Waals surface area contributed by atoms with Crippen LogP contribution in [-0.2, 0) is 0 Å². The fraction of sp³-hybridized carbons (Fsp3) is 0.467. The van der Waals surface area contributed by atoms with Gasteiger partial charge >= 0.3 is 0 Å².